The number of carbonyl (C=O) groups excluding carboxylic acids is 1. The van der Waals surface area contributed by atoms with Crippen LogP contribution in [0.5, 0.6) is 0 Å². The van der Waals surface area contributed by atoms with Crippen LogP contribution in [0.1, 0.15) is 22.7 Å². The fourth-order valence-corrected chi connectivity index (χ4v) is 3.62. The number of rotatable bonds is 5. The lowest BCUT2D eigenvalue weighted by Gasteiger charge is -2.30. The third kappa shape index (κ3) is 3.33. The first-order chi connectivity index (χ1) is 12.8. The minimum absolute atomic E-state index is 0.0387. The molecule has 0 bridgehead atoms. The van der Waals surface area contributed by atoms with Crippen LogP contribution in [0.2, 0.25) is 0 Å². The number of fused-ring (bicyclic) bond motifs is 1. The Hall–Kier alpha value is -3.07. The first kappa shape index (κ1) is 16.4. The molecule has 0 saturated carbocycles. The molecule has 1 aliphatic rings. The summed E-state index contributed by atoms with van der Waals surface area (Å²) in [6.45, 7) is 1.40. The lowest BCUT2D eigenvalue weighted by Crippen LogP contribution is -2.39. The van der Waals surface area contributed by atoms with Gasteiger partial charge in [-0.15, -0.1) is 0 Å². The maximum absolute atomic E-state index is 13.2. The Labute approximate surface area is 154 Å². The van der Waals surface area contributed by atoms with Gasteiger partial charge in [-0.25, -0.2) is 0 Å². The molecule has 0 aliphatic carbocycles. The fourth-order valence-electron chi connectivity index (χ4n) is 3.62. The summed E-state index contributed by atoms with van der Waals surface area (Å²) in [4.78, 5) is 15.4. The van der Waals surface area contributed by atoms with E-state index in [4.69, 9.17) is 0 Å². The summed E-state index contributed by atoms with van der Waals surface area (Å²) < 4.78 is 0. The van der Waals surface area contributed by atoms with Crippen LogP contribution >= 0.6 is 0 Å². The van der Waals surface area contributed by atoms with E-state index in [1.54, 1.807) is 0 Å². The molecule has 1 amide bonds. The molecule has 26 heavy (non-hydrogen) atoms. The van der Waals surface area contributed by atoms with Gasteiger partial charge in [0, 0.05) is 18.8 Å². The van der Waals surface area contributed by atoms with Crippen LogP contribution in [-0.4, -0.2) is 12.5 Å². The van der Waals surface area contributed by atoms with Crippen molar-refractivity contribution >= 4 is 11.6 Å². The van der Waals surface area contributed by atoms with Crippen LogP contribution < -0.4 is 10.2 Å². The average Bonchev–Trinajstić information content (AvgIpc) is 3.12. The molecule has 0 aromatic heterocycles. The predicted molar refractivity (Wildman–Crippen MR) is 105 cm³/mol. The Kier molecular flexibility index (Phi) is 4.69. The largest absolute Gasteiger partial charge is 0.355 e. The first-order valence-corrected chi connectivity index (χ1v) is 9.04. The van der Waals surface area contributed by atoms with Crippen molar-refractivity contribution in [2.45, 2.75) is 19.0 Å². The van der Waals surface area contributed by atoms with Crippen LogP contribution in [0.15, 0.2) is 84.9 Å². The van der Waals surface area contributed by atoms with Crippen LogP contribution in [0, 0.1) is 0 Å². The van der Waals surface area contributed by atoms with Crippen LogP contribution in [0.25, 0.3) is 0 Å². The highest BCUT2D eigenvalue weighted by atomic mass is 16.2. The summed E-state index contributed by atoms with van der Waals surface area (Å²) in [6.07, 6.45) is 0.978. The SMILES string of the molecule is O=C(NCc1ccccc1)[C@@H](c1ccccc1)N1CCc2ccccc21. The number of hydrogen-bond acceptors (Lipinski definition) is 2. The average molecular weight is 342 g/mol. The first-order valence-electron chi connectivity index (χ1n) is 9.04. The van der Waals surface area contributed by atoms with Crippen molar-refractivity contribution in [1.82, 2.24) is 5.32 Å². The Balaban J connectivity index is 1.61. The number of amides is 1. The highest BCUT2D eigenvalue weighted by molar-refractivity contribution is 5.87. The highest BCUT2D eigenvalue weighted by Crippen LogP contribution is 2.35. The van der Waals surface area contributed by atoms with E-state index in [0.717, 1.165) is 29.8 Å². The normalized spacial score (nSPS) is 13.9. The van der Waals surface area contributed by atoms with Gasteiger partial charge in [-0.2, -0.15) is 0 Å². The molecule has 0 saturated heterocycles. The van der Waals surface area contributed by atoms with Gasteiger partial charge in [0.05, 0.1) is 0 Å². The summed E-state index contributed by atoms with van der Waals surface area (Å²) in [5.74, 6) is 0.0387. The van der Waals surface area contributed by atoms with E-state index < -0.39 is 0 Å². The van der Waals surface area contributed by atoms with Crippen molar-refractivity contribution in [3.8, 4) is 0 Å². The molecule has 3 nitrogen and oxygen atoms in total. The molecule has 0 unspecified atom stereocenters. The van der Waals surface area contributed by atoms with Crippen molar-refractivity contribution in [3.05, 3.63) is 102 Å². The summed E-state index contributed by atoms with van der Waals surface area (Å²) in [7, 11) is 0. The van der Waals surface area contributed by atoms with Gasteiger partial charge < -0.3 is 10.2 Å². The van der Waals surface area contributed by atoms with Gasteiger partial charge in [-0.1, -0.05) is 78.9 Å². The van der Waals surface area contributed by atoms with Gasteiger partial charge in [-0.3, -0.25) is 4.79 Å². The van der Waals surface area contributed by atoms with Crippen molar-refractivity contribution in [1.29, 1.82) is 0 Å². The lowest BCUT2D eigenvalue weighted by molar-refractivity contribution is -0.122. The molecule has 3 aromatic carbocycles. The molecule has 4 rings (SSSR count). The van der Waals surface area contributed by atoms with Crippen LogP contribution in [0.3, 0.4) is 0 Å². The van der Waals surface area contributed by atoms with E-state index in [2.05, 4.69) is 28.4 Å². The second kappa shape index (κ2) is 7.44. The van der Waals surface area contributed by atoms with E-state index in [9.17, 15) is 4.79 Å². The standard InChI is InChI=1S/C23H22N2O/c26-23(24-17-18-9-3-1-4-10-18)22(20-12-5-2-6-13-20)25-16-15-19-11-7-8-14-21(19)25/h1-14,22H,15-17H2,(H,24,26)/t22-/m1/s1. The lowest BCUT2D eigenvalue weighted by atomic mass is 10.0. The number of benzene rings is 3. The topological polar surface area (TPSA) is 32.3 Å². The maximum Gasteiger partial charge on any atom is 0.247 e. The third-order valence-corrected chi connectivity index (χ3v) is 4.91. The monoisotopic (exact) mass is 342 g/mol. The van der Waals surface area contributed by atoms with Gasteiger partial charge >= 0.3 is 0 Å². The molecule has 0 spiro atoms. The van der Waals surface area contributed by atoms with E-state index in [1.165, 1.54) is 5.56 Å². The molecule has 3 heteroatoms. The summed E-state index contributed by atoms with van der Waals surface area (Å²) in [5, 5.41) is 3.12. The Morgan fingerprint density at radius 3 is 2.31 bits per heavy atom. The Morgan fingerprint density at radius 1 is 0.885 bits per heavy atom. The zero-order chi connectivity index (χ0) is 17.8. The molecular weight excluding hydrogens is 320 g/mol. The summed E-state index contributed by atoms with van der Waals surface area (Å²) >= 11 is 0. The van der Waals surface area contributed by atoms with Crippen molar-refractivity contribution in [3.63, 3.8) is 0 Å². The minimum Gasteiger partial charge on any atom is -0.355 e. The summed E-state index contributed by atoms with van der Waals surface area (Å²) in [5.41, 5.74) is 4.60. The molecule has 0 fully saturated rings. The number of hydrogen-bond donors (Lipinski definition) is 1. The second-order valence-electron chi connectivity index (χ2n) is 6.59. The van der Waals surface area contributed by atoms with E-state index >= 15 is 0 Å². The molecule has 3 aromatic rings. The smallest absolute Gasteiger partial charge is 0.247 e. The molecule has 130 valence electrons. The molecular formula is C23H22N2O. The summed E-state index contributed by atoms with van der Waals surface area (Å²) in [6, 6.07) is 28.1. The Morgan fingerprint density at radius 2 is 1.54 bits per heavy atom. The molecule has 1 atom stereocenters. The number of carbonyl (C=O) groups is 1. The van der Waals surface area contributed by atoms with Gasteiger partial charge in [0.15, 0.2) is 0 Å². The number of nitrogens with one attached hydrogen (secondary N) is 1. The number of nitrogens with zero attached hydrogens (tertiary/aromatic N) is 1. The third-order valence-electron chi connectivity index (χ3n) is 4.91. The molecule has 1 heterocycles. The fraction of sp³-hybridized carbons (Fsp3) is 0.174. The molecule has 1 N–H and O–H groups in total. The van der Waals surface area contributed by atoms with Gasteiger partial charge in [0.25, 0.3) is 0 Å². The number of anilines is 1. The van der Waals surface area contributed by atoms with E-state index in [1.807, 2.05) is 66.7 Å². The zero-order valence-electron chi connectivity index (χ0n) is 14.6. The van der Waals surface area contributed by atoms with E-state index in [-0.39, 0.29) is 11.9 Å². The van der Waals surface area contributed by atoms with Crippen molar-refractivity contribution in [2.24, 2.45) is 0 Å². The van der Waals surface area contributed by atoms with Gasteiger partial charge in [0.2, 0.25) is 5.91 Å². The second-order valence-corrected chi connectivity index (χ2v) is 6.59. The Bertz CT molecular complexity index is 877. The van der Waals surface area contributed by atoms with Gasteiger partial charge in [0.1, 0.15) is 6.04 Å². The van der Waals surface area contributed by atoms with Crippen LogP contribution in [-0.2, 0) is 17.8 Å². The zero-order valence-corrected chi connectivity index (χ0v) is 14.6. The predicted octanol–water partition coefficient (Wildman–Crippen LogP) is 4.11. The number of para-hydroxylation sites is 1. The molecule has 0 radical (unpaired) electrons. The minimum atomic E-state index is -0.316. The van der Waals surface area contributed by atoms with Crippen molar-refractivity contribution < 1.29 is 4.79 Å². The highest BCUT2D eigenvalue weighted by Gasteiger charge is 2.31. The van der Waals surface area contributed by atoms with Crippen LogP contribution in [0.4, 0.5) is 5.69 Å². The van der Waals surface area contributed by atoms with E-state index in [0.29, 0.717) is 6.54 Å². The van der Waals surface area contributed by atoms with Crippen molar-refractivity contribution in [2.75, 3.05) is 11.4 Å². The van der Waals surface area contributed by atoms with Gasteiger partial charge in [-0.05, 0) is 29.2 Å². The quantitative estimate of drug-likeness (QED) is 0.757. The maximum atomic E-state index is 13.2. The molecule has 1 aliphatic heterocycles.